The molecule has 64 valence electrons. The lowest BCUT2D eigenvalue weighted by Gasteiger charge is -2.28. The summed E-state index contributed by atoms with van der Waals surface area (Å²) in [5, 5.41) is 0. The highest BCUT2D eigenvalue weighted by atomic mass is 32.2. The SMILES string of the molecule is Cc1ccc(SN2CCC2)cc1. The molecule has 12 heavy (non-hydrogen) atoms. The van der Waals surface area contributed by atoms with Crippen LogP contribution in [0.2, 0.25) is 0 Å². The van der Waals surface area contributed by atoms with Gasteiger partial charge in [-0.15, -0.1) is 0 Å². The molecule has 1 aromatic carbocycles. The van der Waals surface area contributed by atoms with Crippen LogP contribution in [0, 0.1) is 6.92 Å². The quantitative estimate of drug-likeness (QED) is 0.642. The second kappa shape index (κ2) is 3.50. The smallest absolute Gasteiger partial charge is 0.0230 e. The number of hydrogen-bond donors (Lipinski definition) is 0. The Labute approximate surface area is 77.9 Å². The molecule has 0 aromatic heterocycles. The lowest BCUT2D eigenvalue weighted by Crippen LogP contribution is -2.30. The molecule has 0 atom stereocenters. The molecule has 2 rings (SSSR count). The number of aryl methyl sites for hydroxylation is 1. The largest absolute Gasteiger partial charge is 0.246 e. The van der Waals surface area contributed by atoms with Crippen LogP contribution in [-0.2, 0) is 0 Å². The van der Waals surface area contributed by atoms with Gasteiger partial charge in [0, 0.05) is 18.0 Å². The Hall–Kier alpha value is -0.470. The predicted molar refractivity (Wildman–Crippen MR) is 53.2 cm³/mol. The molecule has 1 saturated heterocycles. The summed E-state index contributed by atoms with van der Waals surface area (Å²) in [5.41, 5.74) is 1.34. The minimum Gasteiger partial charge on any atom is -0.246 e. The Morgan fingerprint density at radius 1 is 1.17 bits per heavy atom. The molecule has 0 spiro atoms. The number of nitrogens with zero attached hydrogens (tertiary/aromatic N) is 1. The zero-order valence-corrected chi connectivity index (χ0v) is 8.10. The molecule has 1 aliphatic heterocycles. The van der Waals surface area contributed by atoms with E-state index in [1.165, 1.54) is 30.0 Å². The molecule has 1 aliphatic rings. The zero-order chi connectivity index (χ0) is 8.39. The Kier molecular flexibility index (Phi) is 2.38. The molecule has 1 nitrogen and oxygen atoms in total. The second-order valence-corrected chi connectivity index (χ2v) is 4.36. The second-order valence-electron chi connectivity index (χ2n) is 3.19. The van der Waals surface area contributed by atoms with Crippen molar-refractivity contribution in [2.45, 2.75) is 18.2 Å². The predicted octanol–water partition coefficient (Wildman–Crippen LogP) is 2.71. The van der Waals surface area contributed by atoms with Gasteiger partial charge in [-0.2, -0.15) is 0 Å². The summed E-state index contributed by atoms with van der Waals surface area (Å²) < 4.78 is 2.39. The summed E-state index contributed by atoms with van der Waals surface area (Å²) in [4.78, 5) is 1.36. The topological polar surface area (TPSA) is 3.24 Å². The van der Waals surface area contributed by atoms with E-state index in [-0.39, 0.29) is 0 Å². The van der Waals surface area contributed by atoms with Crippen molar-refractivity contribution < 1.29 is 0 Å². The van der Waals surface area contributed by atoms with Gasteiger partial charge in [-0.05, 0) is 37.4 Å². The fourth-order valence-corrected chi connectivity index (χ4v) is 2.12. The van der Waals surface area contributed by atoms with Crippen molar-refractivity contribution in [2.75, 3.05) is 13.1 Å². The summed E-state index contributed by atoms with van der Waals surface area (Å²) in [6.07, 6.45) is 1.36. The summed E-state index contributed by atoms with van der Waals surface area (Å²) >= 11 is 1.87. The Balaban J connectivity index is 1.98. The van der Waals surface area contributed by atoms with Crippen LogP contribution in [0.4, 0.5) is 0 Å². The van der Waals surface area contributed by atoms with Gasteiger partial charge in [0.25, 0.3) is 0 Å². The van der Waals surface area contributed by atoms with Crippen molar-refractivity contribution in [1.29, 1.82) is 0 Å². The lowest BCUT2D eigenvalue weighted by atomic mass is 10.2. The first-order valence-corrected chi connectivity index (χ1v) is 5.11. The summed E-state index contributed by atoms with van der Waals surface area (Å²) in [5.74, 6) is 0. The van der Waals surface area contributed by atoms with Crippen LogP contribution in [0.15, 0.2) is 29.2 Å². The third kappa shape index (κ3) is 1.82. The normalized spacial score (nSPS) is 17.4. The van der Waals surface area contributed by atoms with Gasteiger partial charge in [0.15, 0.2) is 0 Å². The maximum atomic E-state index is 2.39. The van der Waals surface area contributed by atoms with E-state index in [1.807, 2.05) is 11.9 Å². The zero-order valence-electron chi connectivity index (χ0n) is 7.29. The van der Waals surface area contributed by atoms with Crippen molar-refractivity contribution >= 4 is 11.9 Å². The molecule has 1 heterocycles. The van der Waals surface area contributed by atoms with Crippen LogP contribution in [0.5, 0.6) is 0 Å². The first-order valence-electron chi connectivity index (χ1n) is 4.34. The van der Waals surface area contributed by atoms with Gasteiger partial charge in [-0.1, -0.05) is 17.7 Å². The Morgan fingerprint density at radius 2 is 1.83 bits per heavy atom. The maximum absolute atomic E-state index is 2.39. The molecule has 0 radical (unpaired) electrons. The minimum atomic E-state index is 1.25. The number of rotatable bonds is 2. The highest BCUT2D eigenvalue weighted by Gasteiger charge is 2.14. The van der Waals surface area contributed by atoms with Gasteiger partial charge in [0.1, 0.15) is 0 Å². The average molecular weight is 179 g/mol. The molecule has 0 saturated carbocycles. The van der Waals surface area contributed by atoms with Crippen LogP contribution in [-0.4, -0.2) is 17.4 Å². The lowest BCUT2D eigenvalue weighted by molar-refractivity contribution is 0.344. The number of hydrogen-bond acceptors (Lipinski definition) is 2. The van der Waals surface area contributed by atoms with E-state index < -0.39 is 0 Å². The third-order valence-corrected chi connectivity index (χ3v) is 3.18. The molecular formula is C10H13NS. The summed E-state index contributed by atoms with van der Waals surface area (Å²) in [6, 6.07) is 8.72. The minimum absolute atomic E-state index is 1.25. The first-order chi connectivity index (χ1) is 5.84. The first kappa shape index (κ1) is 8.14. The van der Waals surface area contributed by atoms with Crippen LogP contribution >= 0.6 is 11.9 Å². The van der Waals surface area contributed by atoms with Crippen molar-refractivity contribution in [3.63, 3.8) is 0 Å². The van der Waals surface area contributed by atoms with Crippen molar-refractivity contribution in [3.05, 3.63) is 29.8 Å². The van der Waals surface area contributed by atoms with Crippen molar-refractivity contribution in [2.24, 2.45) is 0 Å². The molecule has 0 unspecified atom stereocenters. The molecule has 0 N–H and O–H groups in total. The standard InChI is InChI=1S/C10H13NS/c1-9-3-5-10(6-4-9)12-11-7-2-8-11/h3-6H,2,7-8H2,1H3. The van der Waals surface area contributed by atoms with Crippen molar-refractivity contribution in [1.82, 2.24) is 4.31 Å². The van der Waals surface area contributed by atoms with Crippen molar-refractivity contribution in [3.8, 4) is 0 Å². The van der Waals surface area contributed by atoms with E-state index in [0.717, 1.165) is 0 Å². The van der Waals surface area contributed by atoms with Gasteiger partial charge in [-0.3, -0.25) is 0 Å². The highest BCUT2D eigenvalue weighted by molar-refractivity contribution is 7.97. The van der Waals surface area contributed by atoms with E-state index in [2.05, 4.69) is 35.5 Å². The fourth-order valence-electron chi connectivity index (χ4n) is 1.13. The maximum Gasteiger partial charge on any atom is 0.0230 e. The summed E-state index contributed by atoms with van der Waals surface area (Å²) in [7, 11) is 0. The van der Waals surface area contributed by atoms with E-state index >= 15 is 0 Å². The van der Waals surface area contributed by atoms with Gasteiger partial charge in [-0.25, -0.2) is 4.31 Å². The van der Waals surface area contributed by atoms with Crippen LogP contribution in [0.1, 0.15) is 12.0 Å². The van der Waals surface area contributed by atoms with Crippen LogP contribution in [0.3, 0.4) is 0 Å². The molecule has 2 heteroatoms. The van der Waals surface area contributed by atoms with Crippen LogP contribution < -0.4 is 0 Å². The van der Waals surface area contributed by atoms with E-state index in [9.17, 15) is 0 Å². The molecular weight excluding hydrogens is 166 g/mol. The average Bonchev–Trinajstić information content (AvgIpc) is 2.00. The number of benzene rings is 1. The molecule has 0 amide bonds. The van der Waals surface area contributed by atoms with Gasteiger partial charge < -0.3 is 0 Å². The highest BCUT2D eigenvalue weighted by Crippen LogP contribution is 2.26. The van der Waals surface area contributed by atoms with Gasteiger partial charge >= 0.3 is 0 Å². The Morgan fingerprint density at radius 3 is 2.33 bits per heavy atom. The molecule has 1 aromatic rings. The van der Waals surface area contributed by atoms with E-state index in [1.54, 1.807) is 0 Å². The third-order valence-electron chi connectivity index (χ3n) is 2.07. The monoisotopic (exact) mass is 179 g/mol. The van der Waals surface area contributed by atoms with E-state index in [4.69, 9.17) is 0 Å². The van der Waals surface area contributed by atoms with Crippen LogP contribution in [0.25, 0.3) is 0 Å². The summed E-state index contributed by atoms with van der Waals surface area (Å²) in [6.45, 7) is 4.62. The molecule has 1 fully saturated rings. The Bertz CT molecular complexity index is 251. The fraction of sp³-hybridized carbons (Fsp3) is 0.400. The van der Waals surface area contributed by atoms with Gasteiger partial charge in [0.2, 0.25) is 0 Å². The van der Waals surface area contributed by atoms with Gasteiger partial charge in [0.05, 0.1) is 0 Å². The molecule has 0 aliphatic carbocycles. The molecule has 0 bridgehead atoms. The van der Waals surface area contributed by atoms with E-state index in [0.29, 0.717) is 0 Å².